The van der Waals surface area contributed by atoms with Crippen LogP contribution in [0.3, 0.4) is 0 Å². The van der Waals surface area contributed by atoms with Gasteiger partial charge in [0.25, 0.3) is 0 Å². The van der Waals surface area contributed by atoms with E-state index in [1.165, 1.54) is 17.2 Å². The molecule has 1 aromatic carbocycles. The van der Waals surface area contributed by atoms with E-state index in [-0.39, 0.29) is 11.2 Å². The summed E-state index contributed by atoms with van der Waals surface area (Å²) >= 11 is 0. The predicted octanol–water partition coefficient (Wildman–Crippen LogP) is 4.12. The smallest absolute Gasteiger partial charge is 0.496 e. The molecule has 0 fully saturated rings. The van der Waals surface area contributed by atoms with Crippen molar-refractivity contribution in [1.29, 1.82) is 0 Å². The van der Waals surface area contributed by atoms with Gasteiger partial charge in [-0.3, -0.25) is 4.79 Å². The Labute approximate surface area is 150 Å². The van der Waals surface area contributed by atoms with E-state index >= 15 is 0 Å². The Morgan fingerprint density at radius 2 is 1.92 bits per heavy atom. The lowest BCUT2D eigenvalue weighted by molar-refractivity contribution is -0.116. The minimum Gasteiger partial charge on any atom is -0.496 e. The molecule has 1 atom stereocenters. The molecule has 0 heterocycles. The third-order valence-electron chi connectivity index (χ3n) is 4.41. The minimum atomic E-state index is -2.75. The number of rotatable bonds is 6. The third-order valence-corrected chi connectivity index (χ3v) is 4.76. The zero-order chi connectivity index (χ0) is 18.6. The molecule has 25 heavy (non-hydrogen) atoms. The molecule has 1 aliphatic carbocycles. The van der Waals surface area contributed by atoms with Crippen LogP contribution in [0.1, 0.15) is 55.9 Å². The van der Waals surface area contributed by atoms with Crippen LogP contribution in [-0.2, 0) is 32.1 Å². The number of hydrogen-bond donors (Lipinski definition) is 1. The van der Waals surface area contributed by atoms with Gasteiger partial charge in [0, 0.05) is 10.1 Å². The standard InChI is InChI=1S/C19H25O5P/c1-19(2,3)17-11-13(9-10-14(20)12-24-25(21)22)15-7-5-6-8-16(15)18(17)23-4/h9-11H,5-8,12H2,1-4H3/p+1/b10-9+. The van der Waals surface area contributed by atoms with Crippen LogP contribution in [0.4, 0.5) is 0 Å². The first kappa shape index (κ1) is 19.8. The summed E-state index contributed by atoms with van der Waals surface area (Å²) in [4.78, 5) is 20.4. The van der Waals surface area contributed by atoms with Gasteiger partial charge in [0.15, 0.2) is 12.4 Å². The monoisotopic (exact) mass is 365 g/mol. The fourth-order valence-electron chi connectivity index (χ4n) is 3.23. The normalized spacial score (nSPS) is 15.2. The molecule has 0 bridgehead atoms. The van der Waals surface area contributed by atoms with Crippen molar-refractivity contribution in [2.75, 3.05) is 13.7 Å². The number of carbonyl (C=O) groups is 1. The average molecular weight is 365 g/mol. The summed E-state index contributed by atoms with van der Waals surface area (Å²) < 4.78 is 20.7. The Morgan fingerprint density at radius 3 is 2.48 bits per heavy atom. The summed E-state index contributed by atoms with van der Waals surface area (Å²) in [5.74, 6) is 0.626. The summed E-state index contributed by atoms with van der Waals surface area (Å²) in [6.45, 7) is 6.03. The maximum absolute atomic E-state index is 11.8. The highest BCUT2D eigenvalue weighted by molar-refractivity contribution is 7.32. The first-order chi connectivity index (χ1) is 11.7. The molecule has 0 aliphatic heterocycles. The SMILES string of the molecule is COc1c(C(C)(C)C)cc(/C=C/C(=O)CO[P+](=O)O)c2c1CCCC2. The van der Waals surface area contributed by atoms with E-state index in [0.29, 0.717) is 0 Å². The zero-order valence-corrected chi connectivity index (χ0v) is 16.2. The Kier molecular flexibility index (Phi) is 6.50. The lowest BCUT2D eigenvalue weighted by Crippen LogP contribution is -2.17. The van der Waals surface area contributed by atoms with Crippen molar-refractivity contribution in [3.05, 3.63) is 34.4 Å². The van der Waals surface area contributed by atoms with E-state index in [1.807, 2.05) is 0 Å². The van der Waals surface area contributed by atoms with Crippen LogP contribution >= 0.6 is 8.25 Å². The molecule has 6 heteroatoms. The van der Waals surface area contributed by atoms with Crippen molar-refractivity contribution >= 4 is 20.1 Å². The Morgan fingerprint density at radius 1 is 1.28 bits per heavy atom. The molecule has 0 spiro atoms. The van der Waals surface area contributed by atoms with Crippen molar-refractivity contribution in [1.82, 2.24) is 0 Å². The number of benzene rings is 1. The maximum atomic E-state index is 11.8. The van der Waals surface area contributed by atoms with Crippen LogP contribution in [0, 0.1) is 0 Å². The van der Waals surface area contributed by atoms with Gasteiger partial charge in [0.2, 0.25) is 0 Å². The van der Waals surface area contributed by atoms with Gasteiger partial charge in [0.05, 0.1) is 7.11 Å². The van der Waals surface area contributed by atoms with E-state index < -0.39 is 14.9 Å². The summed E-state index contributed by atoms with van der Waals surface area (Å²) in [5.41, 5.74) is 4.53. The van der Waals surface area contributed by atoms with Gasteiger partial charge in [-0.2, -0.15) is 0 Å². The minimum absolute atomic E-state index is 0.0805. The number of hydrogen-bond acceptors (Lipinski definition) is 4. The number of fused-ring (bicyclic) bond motifs is 1. The Balaban J connectivity index is 2.43. The van der Waals surface area contributed by atoms with Crippen molar-refractivity contribution in [2.45, 2.75) is 51.9 Å². The molecular weight excluding hydrogens is 339 g/mol. The van der Waals surface area contributed by atoms with E-state index in [9.17, 15) is 9.36 Å². The summed E-state index contributed by atoms with van der Waals surface area (Å²) in [7, 11) is -1.04. The second-order valence-electron chi connectivity index (χ2n) is 7.27. The average Bonchev–Trinajstić information content (AvgIpc) is 2.56. The number of carbonyl (C=O) groups excluding carboxylic acids is 1. The van der Waals surface area contributed by atoms with E-state index in [1.54, 1.807) is 13.2 Å². The molecule has 0 radical (unpaired) electrons. The second kappa shape index (κ2) is 8.22. The lowest BCUT2D eigenvalue weighted by atomic mass is 9.78. The molecule has 5 nitrogen and oxygen atoms in total. The van der Waals surface area contributed by atoms with Crippen molar-refractivity contribution in [3.8, 4) is 5.75 Å². The lowest BCUT2D eigenvalue weighted by Gasteiger charge is -2.29. The van der Waals surface area contributed by atoms with Crippen LogP contribution in [0.25, 0.3) is 6.08 Å². The summed E-state index contributed by atoms with van der Waals surface area (Å²) in [6, 6.07) is 2.10. The number of ether oxygens (including phenoxy) is 1. The van der Waals surface area contributed by atoms with Gasteiger partial charge < -0.3 is 4.74 Å². The maximum Gasteiger partial charge on any atom is 0.695 e. The van der Waals surface area contributed by atoms with Crippen LogP contribution in [-0.4, -0.2) is 24.4 Å². The fourth-order valence-corrected chi connectivity index (χ4v) is 3.47. The van der Waals surface area contributed by atoms with Crippen molar-refractivity contribution < 1.29 is 23.5 Å². The van der Waals surface area contributed by atoms with Gasteiger partial charge in [-0.05, 0) is 59.9 Å². The molecule has 1 unspecified atom stereocenters. The van der Waals surface area contributed by atoms with Gasteiger partial charge in [-0.1, -0.05) is 26.8 Å². The first-order valence-corrected chi connectivity index (χ1v) is 9.60. The van der Waals surface area contributed by atoms with E-state index in [4.69, 9.17) is 9.63 Å². The first-order valence-electron chi connectivity index (χ1n) is 8.47. The van der Waals surface area contributed by atoms with Gasteiger partial charge in [-0.25, -0.2) is 0 Å². The van der Waals surface area contributed by atoms with E-state index in [2.05, 4.69) is 31.4 Å². The summed E-state index contributed by atoms with van der Waals surface area (Å²) in [6.07, 6.45) is 7.40. The quantitative estimate of drug-likeness (QED) is 0.606. The molecule has 0 saturated carbocycles. The fraction of sp³-hybridized carbons (Fsp3) is 0.526. The number of methoxy groups -OCH3 is 1. The van der Waals surface area contributed by atoms with Crippen LogP contribution < -0.4 is 4.74 Å². The molecule has 0 aromatic heterocycles. The summed E-state index contributed by atoms with van der Waals surface area (Å²) in [5, 5.41) is 0. The molecular formula is C19H26O5P+. The highest BCUT2D eigenvalue weighted by atomic mass is 31.1. The molecule has 1 N–H and O–H groups in total. The topological polar surface area (TPSA) is 72.8 Å². The molecule has 1 aromatic rings. The third kappa shape index (κ3) is 4.97. The largest absolute Gasteiger partial charge is 0.695 e. The highest BCUT2D eigenvalue weighted by Gasteiger charge is 2.26. The Bertz CT molecular complexity index is 701. The van der Waals surface area contributed by atoms with Crippen LogP contribution in [0.2, 0.25) is 0 Å². The Hall–Kier alpha value is -1.55. The van der Waals surface area contributed by atoms with Crippen molar-refractivity contribution in [2.24, 2.45) is 0 Å². The zero-order valence-electron chi connectivity index (χ0n) is 15.3. The molecule has 136 valence electrons. The molecule has 1 aliphatic rings. The second-order valence-corrected chi connectivity index (χ2v) is 8.01. The molecule has 0 saturated heterocycles. The van der Waals surface area contributed by atoms with Crippen LogP contribution in [0.5, 0.6) is 5.75 Å². The van der Waals surface area contributed by atoms with Crippen molar-refractivity contribution in [3.63, 3.8) is 0 Å². The van der Waals surface area contributed by atoms with Gasteiger partial charge in [0.1, 0.15) is 5.75 Å². The number of ketones is 1. The molecule has 0 amide bonds. The van der Waals surface area contributed by atoms with Gasteiger partial charge in [-0.15, -0.1) is 9.42 Å². The van der Waals surface area contributed by atoms with Gasteiger partial charge >= 0.3 is 8.25 Å². The highest BCUT2D eigenvalue weighted by Crippen LogP contribution is 2.41. The molecule has 2 rings (SSSR count). The van der Waals surface area contributed by atoms with Crippen LogP contribution in [0.15, 0.2) is 12.1 Å². The van der Waals surface area contributed by atoms with E-state index in [0.717, 1.165) is 42.6 Å². The predicted molar refractivity (Wildman–Crippen MR) is 98.2 cm³/mol.